The van der Waals surface area contributed by atoms with Gasteiger partial charge in [-0.15, -0.1) is 0 Å². The van der Waals surface area contributed by atoms with Crippen LogP contribution in [0.2, 0.25) is 0 Å². The number of carbonyl (C=O) groups is 1. The molecule has 1 N–H and O–H groups in total. The number of benzene rings is 1. The zero-order chi connectivity index (χ0) is 14.5. The van der Waals surface area contributed by atoms with E-state index in [9.17, 15) is 13.6 Å². The monoisotopic (exact) mass is 282 g/mol. The average Bonchev–Trinajstić information content (AvgIpc) is 2.93. The van der Waals surface area contributed by atoms with Gasteiger partial charge in [-0.25, -0.2) is 8.78 Å². The summed E-state index contributed by atoms with van der Waals surface area (Å²) in [5.74, 6) is -1.01. The Morgan fingerprint density at radius 1 is 1.35 bits per heavy atom. The van der Waals surface area contributed by atoms with Crippen LogP contribution in [0.3, 0.4) is 0 Å². The fourth-order valence-corrected chi connectivity index (χ4v) is 2.74. The highest BCUT2D eigenvalue weighted by Gasteiger charge is 2.27. The van der Waals surface area contributed by atoms with Crippen molar-refractivity contribution in [2.75, 3.05) is 13.6 Å². The van der Waals surface area contributed by atoms with E-state index in [1.807, 2.05) is 0 Å². The van der Waals surface area contributed by atoms with Gasteiger partial charge in [0.15, 0.2) is 0 Å². The molecule has 110 valence electrons. The first-order valence-electron chi connectivity index (χ1n) is 7.00. The number of nitrogens with one attached hydrogen (secondary N) is 1. The summed E-state index contributed by atoms with van der Waals surface area (Å²) in [4.78, 5) is 13.9. The maximum atomic E-state index is 13.7. The van der Waals surface area contributed by atoms with Gasteiger partial charge in [-0.1, -0.05) is 12.8 Å². The van der Waals surface area contributed by atoms with Gasteiger partial charge in [-0.05, 0) is 38.1 Å². The van der Waals surface area contributed by atoms with Crippen molar-refractivity contribution in [3.05, 3.63) is 35.4 Å². The van der Waals surface area contributed by atoms with E-state index in [2.05, 4.69) is 5.32 Å². The van der Waals surface area contributed by atoms with Gasteiger partial charge in [-0.3, -0.25) is 4.79 Å². The summed E-state index contributed by atoms with van der Waals surface area (Å²) < 4.78 is 27.0. The molecule has 20 heavy (non-hydrogen) atoms. The molecule has 1 aliphatic carbocycles. The van der Waals surface area contributed by atoms with Crippen molar-refractivity contribution in [2.24, 2.45) is 0 Å². The molecule has 0 radical (unpaired) electrons. The van der Waals surface area contributed by atoms with Crippen LogP contribution in [-0.4, -0.2) is 30.4 Å². The van der Waals surface area contributed by atoms with Crippen LogP contribution in [0.1, 0.15) is 31.2 Å². The van der Waals surface area contributed by atoms with Gasteiger partial charge in [0, 0.05) is 18.2 Å². The topological polar surface area (TPSA) is 32.3 Å². The molecule has 0 bridgehead atoms. The Hall–Kier alpha value is -1.49. The average molecular weight is 282 g/mol. The van der Waals surface area contributed by atoms with Crippen molar-refractivity contribution in [2.45, 2.75) is 38.3 Å². The largest absolute Gasteiger partial charge is 0.334 e. The third-order valence-corrected chi connectivity index (χ3v) is 3.76. The standard InChI is InChI=1S/C15H20F2N2O/c1-18-9-15(20)19(13-4-2-3-5-13)10-11-8-12(16)6-7-14(11)17/h6-8,13,18H,2-5,9-10H2,1H3. The molecule has 1 fully saturated rings. The highest BCUT2D eigenvalue weighted by Crippen LogP contribution is 2.25. The van der Waals surface area contributed by atoms with Gasteiger partial charge in [0.05, 0.1) is 6.54 Å². The summed E-state index contributed by atoms with van der Waals surface area (Å²) in [7, 11) is 1.70. The van der Waals surface area contributed by atoms with Gasteiger partial charge >= 0.3 is 0 Å². The summed E-state index contributed by atoms with van der Waals surface area (Å²) >= 11 is 0. The minimum Gasteiger partial charge on any atom is -0.334 e. The molecule has 0 spiro atoms. The van der Waals surface area contributed by atoms with E-state index in [1.54, 1.807) is 11.9 Å². The summed E-state index contributed by atoms with van der Waals surface area (Å²) in [6.07, 6.45) is 4.04. The second-order valence-electron chi connectivity index (χ2n) is 5.23. The van der Waals surface area contributed by atoms with Gasteiger partial charge in [0.25, 0.3) is 0 Å². The fraction of sp³-hybridized carbons (Fsp3) is 0.533. The molecule has 0 aromatic heterocycles. The number of amides is 1. The maximum absolute atomic E-state index is 13.7. The molecule has 0 unspecified atom stereocenters. The molecule has 0 atom stereocenters. The Labute approximate surface area is 118 Å². The molecule has 1 aromatic carbocycles. The van der Waals surface area contributed by atoms with Gasteiger partial charge in [0.2, 0.25) is 5.91 Å². The van der Waals surface area contributed by atoms with Crippen molar-refractivity contribution in [3.8, 4) is 0 Å². The van der Waals surface area contributed by atoms with Crippen LogP contribution < -0.4 is 5.32 Å². The molecular weight excluding hydrogens is 262 g/mol. The lowest BCUT2D eigenvalue weighted by Crippen LogP contribution is -2.42. The van der Waals surface area contributed by atoms with E-state index in [0.717, 1.165) is 37.8 Å². The number of halogens is 2. The normalized spacial score (nSPS) is 15.6. The molecule has 0 saturated heterocycles. The van der Waals surface area contributed by atoms with Crippen molar-refractivity contribution < 1.29 is 13.6 Å². The van der Waals surface area contributed by atoms with Crippen LogP contribution in [0.15, 0.2) is 18.2 Å². The summed E-state index contributed by atoms with van der Waals surface area (Å²) in [5, 5.41) is 2.82. The van der Waals surface area contributed by atoms with Crippen LogP contribution in [-0.2, 0) is 11.3 Å². The first kappa shape index (κ1) is 14.9. The summed E-state index contributed by atoms with van der Waals surface area (Å²) in [5.41, 5.74) is 0.237. The lowest BCUT2D eigenvalue weighted by molar-refractivity contribution is -0.133. The highest BCUT2D eigenvalue weighted by atomic mass is 19.1. The van der Waals surface area contributed by atoms with Crippen LogP contribution in [0.4, 0.5) is 8.78 Å². The Bertz CT molecular complexity index is 473. The smallest absolute Gasteiger partial charge is 0.237 e. The Balaban J connectivity index is 2.17. The number of hydrogen-bond acceptors (Lipinski definition) is 2. The first-order chi connectivity index (χ1) is 9.61. The van der Waals surface area contributed by atoms with E-state index in [1.165, 1.54) is 6.07 Å². The molecular formula is C15H20F2N2O. The van der Waals surface area contributed by atoms with Crippen LogP contribution in [0, 0.1) is 11.6 Å². The molecule has 5 heteroatoms. The number of rotatable bonds is 5. The summed E-state index contributed by atoms with van der Waals surface area (Å²) in [6, 6.07) is 3.51. The maximum Gasteiger partial charge on any atom is 0.237 e. The minimum absolute atomic E-state index is 0.0666. The third kappa shape index (κ3) is 3.54. The molecule has 1 aliphatic rings. The van der Waals surface area contributed by atoms with E-state index in [4.69, 9.17) is 0 Å². The predicted octanol–water partition coefficient (Wildman–Crippen LogP) is 2.46. The minimum atomic E-state index is -0.478. The second-order valence-corrected chi connectivity index (χ2v) is 5.23. The zero-order valence-corrected chi connectivity index (χ0v) is 11.7. The number of nitrogens with zero attached hydrogens (tertiary/aromatic N) is 1. The van der Waals surface area contributed by atoms with Crippen molar-refractivity contribution in [3.63, 3.8) is 0 Å². The lowest BCUT2D eigenvalue weighted by atomic mass is 10.1. The SMILES string of the molecule is CNCC(=O)N(Cc1cc(F)ccc1F)C1CCCC1. The molecule has 2 rings (SSSR count). The lowest BCUT2D eigenvalue weighted by Gasteiger charge is -2.29. The van der Waals surface area contributed by atoms with E-state index in [-0.39, 0.29) is 30.6 Å². The first-order valence-corrected chi connectivity index (χ1v) is 7.00. The van der Waals surface area contributed by atoms with Crippen LogP contribution >= 0.6 is 0 Å². The van der Waals surface area contributed by atoms with Crippen molar-refractivity contribution >= 4 is 5.91 Å². The summed E-state index contributed by atoms with van der Waals surface area (Å²) in [6.45, 7) is 0.349. The predicted molar refractivity (Wildman–Crippen MR) is 73.1 cm³/mol. The highest BCUT2D eigenvalue weighted by molar-refractivity contribution is 5.78. The third-order valence-electron chi connectivity index (χ3n) is 3.76. The molecule has 1 aromatic rings. The Kier molecular flexibility index (Phi) is 5.06. The molecule has 1 amide bonds. The molecule has 0 heterocycles. The second kappa shape index (κ2) is 6.79. The van der Waals surface area contributed by atoms with Crippen molar-refractivity contribution in [1.82, 2.24) is 10.2 Å². The van der Waals surface area contributed by atoms with Gasteiger partial charge in [0.1, 0.15) is 11.6 Å². The van der Waals surface area contributed by atoms with Crippen molar-refractivity contribution in [1.29, 1.82) is 0 Å². The van der Waals surface area contributed by atoms with Crippen LogP contribution in [0.25, 0.3) is 0 Å². The number of carbonyl (C=O) groups excluding carboxylic acids is 1. The molecule has 0 aliphatic heterocycles. The zero-order valence-electron chi connectivity index (χ0n) is 11.7. The van der Waals surface area contributed by atoms with E-state index >= 15 is 0 Å². The number of likely N-dealkylation sites (N-methyl/N-ethyl adjacent to an activating group) is 1. The number of hydrogen-bond donors (Lipinski definition) is 1. The van der Waals surface area contributed by atoms with E-state index < -0.39 is 11.6 Å². The van der Waals surface area contributed by atoms with E-state index in [0.29, 0.717) is 0 Å². The van der Waals surface area contributed by atoms with Crippen LogP contribution in [0.5, 0.6) is 0 Å². The Morgan fingerprint density at radius 2 is 2.05 bits per heavy atom. The quantitative estimate of drug-likeness (QED) is 0.899. The molecule has 3 nitrogen and oxygen atoms in total. The fourth-order valence-electron chi connectivity index (χ4n) is 2.74. The van der Waals surface area contributed by atoms with Gasteiger partial charge < -0.3 is 10.2 Å². The van der Waals surface area contributed by atoms with Gasteiger partial charge in [-0.2, -0.15) is 0 Å². The Morgan fingerprint density at radius 3 is 2.70 bits per heavy atom. The molecule has 1 saturated carbocycles.